The first-order valence-electron chi connectivity index (χ1n) is 7.16. The summed E-state index contributed by atoms with van der Waals surface area (Å²) in [6.45, 7) is 7.18. The van der Waals surface area contributed by atoms with E-state index in [9.17, 15) is 0 Å². The normalized spacial score (nSPS) is 10.2. The van der Waals surface area contributed by atoms with Gasteiger partial charge in [0, 0.05) is 6.07 Å². The molecule has 0 unspecified atom stereocenters. The minimum Gasteiger partial charge on any atom is -0.494 e. The molecule has 0 saturated carbocycles. The van der Waals surface area contributed by atoms with Crippen molar-refractivity contribution in [3.8, 4) is 11.5 Å². The van der Waals surface area contributed by atoms with E-state index in [4.69, 9.17) is 15.2 Å². The Morgan fingerprint density at radius 2 is 1.71 bits per heavy atom. The lowest BCUT2D eigenvalue weighted by Gasteiger charge is -2.16. The number of anilines is 3. The molecule has 2 aromatic carbocycles. The number of rotatable bonds is 6. The van der Waals surface area contributed by atoms with Crippen molar-refractivity contribution in [3.63, 3.8) is 0 Å². The zero-order chi connectivity index (χ0) is 15.2. The second kappa shape index (κ2) is 6.88. The van der Waals surface area contributed by atoms with Crippen molar-refractivity contribution >= 4 is 17.1 Å². The minimum absolute atomic E-state index is 0.603. The molecule has 0 bridgehead atoms. The van der Waals surface area contributed by atoms with Crippen LogP contribution in [0.1, 0.15) is 19.4 Å². The lowest BCUT2D eigenvalue weighted by atomic mass is 10.2. The fraction of sp³-hybridized carbons (Fsp3) is 0.294. The van der Waals surface area contributed by atoms with Crippen LogP contribution in [-0.4, -0.2) is 13.2 Å². The zero-order valence-electron chi connectivity index (χ0n) is 12.8. The number of nitrogen functional groups attached to an aromatic ring is 1. The summed E-state index contributed by atoms with van der Waals surface area (Å²) < 4.78 is 11.2. The van der Waals surface area contributed by atoms with Crippen molar-refractivity contribution in [1.82, 2.24) is 0 Å². The van der Waals surface area contributed by atoms with Crippen LogP contribution >= 0.6 is 0 Å². The van der Waals surface area contributed by atoms with Gasteiger partial charge >= 0.3 is 0 Å². The molecule has 4 heteroatoms. The molecule has 0 spiro atoms. The van der Waals surface area contributed by atoms with E-state index in [1.54, 1.807) is 0 Å². The summed E-state index contributed by atoms with van der Waals surface area (Å²) in [5, 5.41) is 3.34. The fourth-order valence-corrected chi connectivity index (χ4v) is 2.07. The van der Waals surface area contributed by atoms with E-state index in [1.807, 2.05) is 57.2 Å². The van der Waals surface area contributed by atoms with Gasteiger partial charge in [0.25, 0.3) is 0 Å². The molecule has 2 aromatic rings. The minimum atomic E-state index is 0.603. The highest BCUT2D eigenvalue weighted by atomic mass is 16.5. The van der Waals surface area contributed by atoms with Gasteiger partial charge in [-0.15, -0.1) is 0 Å². The van der Waals surface area contributed by atoms with Crippen molar-refractivity contribution in [3.05, 3.63) is 42.0 Å². The molecule has 0 amide bonds. The molecule has 0 fully saturated rings. The van der Waals surface area contributed by atoms with Crippen LogP contribution in [0.2, 0.25) is 0 Å². The third-order valence-corrected chi connectivity index (χ3v) is 3.04. The van der Waals surface area contributed by atoms with Gasteiger partial charge in [-0.05, 0) is 50.6 Å². The molecule has 0 saturated heterocycles. The highest BCUT2D eigenvalue weighted by Crippen LogP contribution is 2.34. The van der Waals surface area contributed by atoms with Crippen LogP contribution in [0.15, 0.2) is 36.4 Å². The van der Waals surface area contributed by atoms with Crippen molar-refractivity contribution in [1.29, 1.82) is 0 Å². The van der Waals surface area contributed by atoms with Crippen LogP contribution < -0.4 is 20.5 Å². The molecule has 0 aromatic heterocycles. The Hall–Kier alpha value is -2.36. The van der Waals surface area contributed by atoms with E-state index in [0.29, 0.717) is 18.9 Å². The Kier molecular flexibility index (Phi) is 4.93. The lowest BCUT2D eigenvalue weighted by Crippen LogP contribution is -2.01. The third-order valence-electron chi connectivity index (χ3n) is 3.04. The Morgan fingerprint density at radius 3 is 2.43 bits per heavy atom. The molecule has 0 aliphatic heterocycles. The van der Waals surface area contributed by atoms with Gasteiger partial charge in [0.1, 0.15) is 11.5 Å². The van der Waals surface area contributed by atoms with Crippen LogP contribution in [0.5, 0.6) is 11.5 Å². The van der Waals surface area contributed by atoms with Gasteiger partial charge in [0.05, 0.1) is 30.3 Å². The Morgan fingerprint density at radius 1 is 0.952 bits per heavy atom. The average molecular weight is 286 g/mol. The SMILES string of the molecule is CCOc1ccc(OCC)c(Nc2cc(C)ccc2N)c1. The summed E-state index contributed by atoms with van der Waals surface area (Å²) in [7, 11) is 0. The Bertz CT molecular complexity index is 612. The Balaban J connectivity index is 2.35. The number of aryl methyl sites for hydroxylation is 1. The topological polar surface area (TPSA) is 56.5 Å². The van der Waals surface area contributed by atoms with Crippen LogP contribution in [0.3, 0.4) is 0 Å². The van der Waals surface area contributed by atoms with Crippen LogP contribution in [-0.2, 0) is 0 Å². The number of nitrogens with one attached hydrogen (secondary N) is 1. The van der Waals surface area contributed by atoms with Crippen LogP contribution in [0.25, 0.3) is 0 Å². The average Bonchev–Trinajstić information content (AvgIpc) is 2.46. The van der Waals surface area contributed by atoms with Crippen molar-refractivity contribution in [2.24, 2.45) is 0 Å². The summed E-state index contributed by atoms with van der Waals surface area (Å²) in [5.41, 5.74) is 9.58. The van der Waals surface area contributed by atoms with Gasteiger partial charge in [0.15, 0.2) is 0 Å². The Labute approximate surface area is 125 Å². The van der Waals surface area contributed by atoms with Gasteiger partial charge in [-0.1, -0.05) is 6.07 Å². The summed E-state index contributed by atoms with van der Waals surface area (Å²) in [5.74, 6) is 1.58. The van der Waals surface area contributed by atoms with E-state index in [0.717, 1.165) is 28.4 Å². The first-order valence-corrected chi connectivity index (χ1v) is 7.16. The standard InChI is InChI=1S/C17H22N2O2/c1-4-20-13-7-9-17(21-5-2)16(11-13)19-15-10-12(3)6-8-14(15)18/h6-11,19H,4-5,18H2,1-3H3. The molecule has 0 aliphatic carbocycles. The molecule has 0 radical (unpaired) electrons. The van der Waals surface area contributed by atoms with Gasteiger partial charge in [-0.25, -0.2) is 0 Å². The van der Waals surface area contributed by atoms with Crippen molar-refractivity contribution in [2.45, 2.75) is 20.8 Å². The summed E-state index contributed by atoms with van der Waals surface area (Å²) >= 11 is 0. The largest absolute Gasteiger partial charge is 0.494 e. The molecular formula is C17H22N2O2. The summed E-state index contributed by atoms with van der Waals surface area (Å²) in [6, 6.07) is 11.6. The molecule has 0 heterocycles. The second-order valence-electron chi connectivity index (χ2n) is 4.74. The highest BCUT2D eigenvalue weighted by molar-refractivity contribution is 5.76. The molecular weight excluding hydrogens is 264 g/mol. The lowest BCUT2D eigenvalue weighted by molar-refractivity contribution is 0.332. The monoisotopic (exact) mass is 286 g/mol. The maximum atomic E-state index is 6.02. The van der Waals surface area contributed by atoms with Crippen LogP contribution in [0, 0.1) is 6.92 Å². The second-order valence-corrected chi connectivity index (χ2v) is 4.74. The number of hydrogen-bond donors (Lipinski definition) is 2. The number of benzene rings is 2. The molecule has 21 heavy (non-hydrogen) atoms. The van der Waals surface area contributed by atoms with Gasteiger partial charge < -0.3 is 20.5 Å². The number of ether oxygens (including phenoxy) is 2. The van der Waals surface area contributed by atoms with Crippen LogP contribution in [0.4, 0.5) is 17.1 Å². The third kappa shape index (κ3) is 3.81. The summed E-state index contributed by atoms with van der Waals surface area (Å²) in [6.07, 6.45) is 0. The van der Waals surface area contributed by atoms with Crippen molar-refractivity contribution in [2.75, 3.05) is 24.3 Å². The molecule has 112 valence electrons. The molecule has 2 rings (SSSR count). The van der Waals surface area contributed by atoms with Crippen molar-refractivity contribution < 1.29 is 9.47 Å². The molecule has 4 nitrogen and oxygen atoms in total. The first kappa shape index (κ1) is 15.0. The van der Waals surface area contributed by atoms with E-state index in [1.165, 1.54) is 0 Å². The highest BCUT2D eigenvalue weighted by Gasteiger charge is 2.08. The maximum Gasteiger partial charge on any atom is 0.142 e. The predicted molar refractivity (Wildman–Crippen MR) is 87.7 cm³/mol. The number of hydrogen-bond acceptors (Lipinski definition) is 4. The van der Waals surface area contributed by atoms with E-state index < -0.39 is 0 Å². The molecule has 0 aliphatic rings. The maximum absolute atomic E-state index is 6.02. The van der Waals surface area contributed by atoms with E-state index in [-0.39, 0.29) is 0 Å². The van der Waals surface area contributed by atoms with E-state index in [2.05, 4.69) is 5.32 Å². The zero-order valence-corrected chi connectivity index (χ0v) is 12.8. The van der Waals surface area contributed by atoms with E-state index >= 15 is 0 Å². The van der Waals surface area contributed by atoms with Gasteiger partial charge in [-0.2, -0.15) is 0 Å². The first-order chi connectivity index (χ1) is 10.1. The summed E-state index contributed by atoms with van der Waals surface area (Å²) in [4.78, 5) is 0. The molecule has 3 N–H and O–H groups in total. The quantitative estimate of drug-likeness (QED) is 0.784. The molecule has 0 atom stereocenters. The van der Waals surface area contributed by atoms with Gasteiger partial charge in [0.2, 0.25) is 0 Å². The fourth-order valence-electron chi connectivity index (χ4n) is 2.07. The smallest absolute Gasteiger partial charge is 0.142 e. The van der Waals surface area contributed by atoms with Gasteiger partial charge in [-0.3, -0.25) is 0 Å². The number of nitrogens with two attached hydrogens (primary N) is 1. The predicted octanol–water partition coefficient (Wildman–Crippen LogP) is 4.12.